The molecule has 202 valence electrons. The van der Waals surface area contributed by atoms with Crippen LogP contribution in [0.2, 0.25) is 0 Å². The minimum Gasteiger partial charge on any atom is -0.478 e. The van der Waals surface area contributed by atoms with Crippen LogP contribution in [-0.4, -0.2) is 44.9 Å². The molecule has 0 aliphatic heterocycles. The van der Waals surface area contributed by atoms with E-state index in [9.17, 15) is 19.1 Å². The molecule has 1 heterocycles. The van der Waals surface area contributed by atoms with E-state index in [2.05, 4.69) is 22.9 Å². The van der Waals surface area contributed by atoms with E-state index in [1.807, 2.05) is 0 Å². The minimum atomic E-state index is -1.11. The molecule has 3 aromatic carbocycles. The molecule has 1 aromatic heterocycles. The lowest BCUT2D eigenvalue weighted by molar-refractivity contribution is 0.0697. The molecule has 39 heavy (non-hydrogen) atoms. The summed E-state index contributed by atoms with van der Waals surface area (Å²) in [7, 11) is 0. The molecule has 1 atom stereocenters. The van der Waals surface area contributed by atoms with E-state index >= 15 is 4.39 Å². The molecule has 0 radical (unpaired) electrons. The molecule has 2 N–H and O–H groups in total. The van der Waals surface area contributed by atoms with Gasteiger partial charge in [0.25, 0.3) is 11.9 Å². The van der Waals surface area contributed by atoms with E-state index in [1.54, 1.807) is 49.4 Å². The van der Waals surface area contributed by atoms with Crippen LogP contribution in [-0.2, 0) is 13.0 Å². The standard InChI is InChI=1S/C29H27F2N3O4S/c1-2-38-29-32-15-26(27(35)33-22(17-39)13-18-6-5-7-21(30)12-18)34(29)16-20-11-10-19(14-25(20)31)23-8-3-4-9-24(23)28(36)37/h3-12,14-15,22,39H,2,13,16-17H2,1H3,(H,33,35)(H,36,37)/t22-/m1/s1. The first-order valence-corrected chi connectivity index (χ1v) is 12.9. The maximum Gasteiger partial charge on any atom is 0.336 e. The number of hydrogen-bond acceptors (Lipinski definition) is 5. The van der Waals surface area contributed by atoms with Crippen molar-refractivity contribution >= 4 is 24.5 Å². The Bertz CT molecular complexity index is 1490. The average Bonchev–Trinajstić information content (AvgIpc) is 3.31. The van der Waals surface area contributed by atoms with E-state index in [0.29, 0.717) is 28.9 Å². The van der Waals surface area contributed by atoms with Gasteiger partial charge in [0.1, 0.15) is 17.3 Å². The number of thiol groups is 1. The van der Waals surface area contributed by atoms with Gasteiger partial charge in [0.15, 0.2) is 0 Å². The Morgan fingerprint density at radius 3 is 2.59 bits per heavy atom. The summed E-state index contributed by atoms with van der Waals surface area (Å²) >= 11 is 4.33. The van der Waals surface area contributed by atoms with Crippen molar-refractivity contribution in [3.05, 3.63) is 107 Å². The van der Waals surface area contributed by atoms with Crippen LogP contribution in [0.5, 0.6) is 6.01 Å². The molecule has 0 unspecified atom stereocenters. The van der Waals surface area contributed by atoms with Gasteiger partial charge in [-0.05, 0) is 54.3 Å². The van der Waals surface area contributed by atoms with E-state index < -0.39 is 23.7 Å². The zero-order chi connectivity index (χ0) is 27.9. The number of ether oxygens (including phenoxy) is 1. The van der Waals surface area contributed by atoms with Crippen LogP contribution < -0.4 is 10.1 Å². The molecule has 0 aliphatic carbocycles. The van der Waals surface area contributed by atoms with Crippen molar-refractivity contribution in [1.82, 2.24) is 14.9 Å². The Labute approximate surface area is 229 Å². The summed E-state index contributed by atoms with van der Waals surface area (Å²) in [6.07, 6.45) is 1.72. The molecule has 0 bridgehead atoms. The molecule has 10 heteroatoms. The number of halogens is 2. The van der Waals surface area contributed by atoms with Crippen molar-refractivity contribution in [3.8, 4) is 17.1 Å². The first kappa shape index (κ1) is 27.8. The molecule has 0 saturated carbocycles. The van der Waals surface area contributed by atoms with Gasteiger partial charge in [0.2, 0.25) is 0 Å². The number of imidazole rings is 1. The summed E-state index contributed by atoms with van der Waals surface area (Å²) in [4.78, 5) is 29.0. The molecule has 1 amide bonds. The number of rotatable bonds is 11. The second kappa shape index (κ2) is 12.6. The van der Waals surface area contributed by atoms with Gasteiger partial charge in [-0.1, -0.05) is 42.5 Å². The molecule has 4 rings (SSSR count). The van der Waals surface area contributed by atoms with Gasteiger partial charge in [-0.25, -0.2) is 18.6 Å². The van der Waals surface area contributed by atoms with Crippen molar-refractivity contribution in [3.63, 3.8) is 0 Å². The Morgan fingerprint density at radius 1 is 1.10 bits per heavy atom. The molecule has 0 saturated heterocycles. The summed E-state index contributed by atoms with van der Waals surface area (Å²) in [6.45, 7) is 1.99. The third-order valence-electron chi connectivity index (χ3n) is 6.10. The first-order chi connectivity index (χ1) is 18.8. The predicted octanol–water partition coefficient (Wildman–Crippen LogP) is 5.24. The van der Waals surface area contributed by atoms with Crippen molar-refractivity contribution in [1.29, 1.82) is 0 Å². The average molecular weight is 552 g/mol. The summed E-state index contributed by atoms with van der Waals surface area (Å²) in [5.74, 6) is -2.20. The number of carbonyl (C=O) groups is 2. The Kier molecular flexibility index (Phi) is 8.98. The first-order valence-electron chi connectivity index (χ1n) is 12.3. The highest BCUT2D eigenvalue weighted by molar-refractivity contribution is 7.80. The van der Waals surface area contributed by atoms with Gasteiger partial charge in [-0.3, -0.25) is 9.36 Å². The molecule has 0 fully saturated rings. The van der Waals surface area contributed by atoms with Gasteiger partial charge < -0.3 is 15.2 Å². The zero-order valence-electron chi connectivity index (χ0n) is 21.1. The molecule has 0 spiro atoms. The van der Waals surface area contributed by atoms with E-state index in [1.165, 1.54) is 35.0 Å². The van der Waals surface area contributed by atoms with Crippen LogP contribution in [0.3, 0.4) is 0 Å². The summed E-state index contributed by atoms with van der Waals surface area (Å²) in [5.41, 5.74) is 1.99. The van der Waals surface area contributed by atoms with Crippen molar-refractivity contribution in [2.24, 2.45) is 0 Å². The molecular formula is C29H27F2N3O4S. The lowest BCUT2D eigenvalue weighted by atomic mass is 9.98. The lowest BCUT2D eigenvalue weighted by Gasteiger charge is -2.18. The number of aromatic carboxylic acids is 1. The number of carbonyl (C=O) groups excluding carboxylic acids is 1. The van der Waals surface area contributed by atoms with Gasteiger partial charge in [0, 0.05) is 17.4 Å². The highest BCUT2D eigenvalue weighted by Crippen LogP contribution is 2.27. The summed E-state index contributed by atoms with van der Waals surface area (Å²) in [5, 5.41) is 12.4. The quantitative estimate of drug-likeness (QED) is 0.222. The number of carboxylic acids is 1. The number of nitrogens with one attached hydrogen (secondary N) is 1. The van der Waals surface area contributed by atoms with Gasteiger partial charge in [0.05, 0.1) is 24.9 Å². The fourth-order valence-corrected chi connectivity index (χ4v) is 4.46. The molecule has 0 aliphatic rings. The number of nitrogens with zero attached hydrogens (tertiary/aromatic N) is 2. The second-order valence-corrected chi connectivity index (χ2v) is 9.15. The number of benzene rings is 3. The van der Waals surface area contributed by atoms with Crippen LogP contribution in [0.4, 0.5) is 8.78 Å². The molecule has 4 aromatic rings. The third kappa shape index (κ3) is 6.64. The fraction of sp³-hybridized carbons (Fsp3) is 0.207. The fourth-order valence-electron chi connectivity index (χ4n) is 4.24. The highest BCUT2D eigenvalue weighted by atomic mass is 32.1. The third-order valence-corrected chi connectivity index (χ3v) is 6.54. The largest absolute Gasteiger partial charge is 0.478 e. The maximum absolute atomic E-state index is 15.3. The monoisotopic (exact) mass is 551 g/mol. The number of aromatic nitrogens is 2. The summed E-state index contributed by atoms with van der Waals surface area (Å²) in [6, 6.07) is 16.7. The van der Waals surface area contributed by atoms with E-state index in [-0.39, 0.29) is 41.8 Å². The minimum absolute atomic E-state index is 0.0553. The topological polar surface area (TPSA) is 93.5 Å². The Hall–Kier alpha value is -4.18. The van der Waals surface area contributed by atoms with E-state index in [4.69, 9.17) is 4.74 Å². The van der Waals surface area contributed by atoms with Crippen LogP contribution in [0.25, 0.3) is 11.1 Å². The second-order valence-electron chi connectivity index (χ2n) is 8.79. The number of amides is 1. The van der Waals surface area contributed by atoms with Crippen molar-refractivity contribution in [2.45, 2.75) is 25.9 Å². The summed E-state index contributed by atoms with van der Waals surface area (Å²) < 4.78 is 35.9. The van der Waals surface area contributed by atoms with E-state index in [0.717, 1.165) is 0 Å². The van der Waals surface area contributed by atoms with Crippen molar-refractivity contribution in [2.75, 3.05) is 12.4 Å². The molecule has 7 nitrogen and oxygen atoms in total. The maximum atomic E-state index is 15.3. The number of carboxylic acid groups (broad SMARTS) is 1. The van der Waals surface area contributed by atoms with Gasteiger partial charge >= 0.3 is 5.97 Å². The SMILES string of the molecule is CCOc1ncc(C(=O)N[C@@H](CS)Cc2cccc(F)c2)n1Cc1ccc(-c2ccccc2C(=O)O)cc1F. The molecular weight excluding hydrogens is 524 g/mol. The van der Waals surface area contributed by atoms with Crippen molar-refractivity contribution < 1.29 is 28.2 Å². The van der Waals surface area contributed by atoms with Gasteiger partial charge in [-0.2, -0.15) is 12.6 Å². The highest BCUT2D eigenvalue weighted by Gasteiger charge is 2.22. The van der Waals surface area contributed by atoms with Crippen LogP contribution >= 0.6 is 12.6 Å². The zero-order valence-corrected chi connectivity index (χ0v) is 22.0. The van der Waals surface area contributed by atoms with Crippen LogP contribution in [0.1, 0.15) is 38.9 Å². The Balaban J connectivity index is 1.59. The van der Waals surface area contributed by atoms with Crippen LogP contribution in [0.15, 0.2) is 72.9 Å². The van der Waals surface area contributed by atoms with Crippen LogP contribution in [0, 0.1) is 11.6 Å². The van der Waals surface area contributed by atoms with Gasteiger partial charge in [-0.15, -0.1) is 0 Å². The Morgan fingerprint density at radius 2 is 1.90 bits per heavy atom. The smallest absolute Gasteiger partial charge is 0.336 e. The predicted molar refractivity (Wildman–Crippen MR) is 147 cm³/mol. The normalized spacial score (nSPS) is 11.7. The number of hydrogen-bond donors (Lipinski definition) is 3. The lowest BCUT2D eigenvalue weighted by Crippen LogP contribution is -2.38.